The fourth-order valence-electron chi connectivity index (χ4n) is 2.04. The molecule has 1 aliphatic carbocycles. The third kappa shape index (κ3) is 0.960. The molecule has 3 rings (SSSR count). The van der Waals surface area contributed by atoms with E-state index >= 15 is 0 Å². The van der Waals surface area contributed by atoms with E-state index < -0.39 is 0 Å². The summed E-state index contributed by atoms with van der Waals surface area (Å²) in [5.74, 6) is -0.333. The van der Waals surface area contributed by atoms with Crippen LogP contribution in [0.15, 0.2) is 42.5 Å². The summed E-state index contributed by atoms with van der Waals surface area (Å²) in [7, 11) is 0. The van der Waals surface area contributed by atoms with Gasteiger partial charge in [0.05, 0.1) is 5.56 Å². The lowest BCUT2D eigenvalue weighted by Gasteiger charge is -1.97. The first-order valence-electron chi connectivity index (χ1n) is 4.73. The Balaban J connectivity index is 2.43. The number of rotatable bonds is 0. The van der Waals surface area contributed by atoms with Crippen LogP contribution >= 0.6 is 0 Å². The van der Waals surface area contributed by atoms with Gasteiger partial charge in [0.2, 0.25) is 0 Å². The van der Waals surface area contributed by atoms with Crippen molar-refractivity contribution in [1.29, 1.82) is 0 Å². The van der Waals surface area contributed by atoms with Gasteiger partial charge in [-0.3, -0.25) is 9.90 Å². The molecule has 0 saturated carbocycles. The van der Waals surface area contributed by atoms with Crippen LogP contribution in [0.1, 0.15) is 15.9 Å². The molecule has 2 aromatic rings. The molecule has 0 heterocycles. The Morgan fingerprint density at radius 3 is 2.20 bits per heavy atom. The molecule has 0 atom stereocenters. The van der Waals surface area contributed by atoms with Gasteiger partial charge in [0.25, 0.3) is 0 Å². The van der Waals surface area contributed by atoms with Crippen LogP contribution in [0.4, 0.5) is 0 Å². The zero-order valence-electron chi connectivity index (χ0n) is 7.86. The number of ketones is 1. The van der Waals surface area contributed by atoms with Crippen molar-refractivity contribution < 1.29 is 9.90 Å². The largest absolute Gasteiger partial charge is 0.289 e. The molecule has 1 radical (unpaired) electrons. The van der Waals surface area contributed by atoms with Crippen LogP contribution in [0.2, 0.25) is 0 Å². The van der Waals surface area contributed by atoms with Crippen LogP contribution < -0.4 is 0 Å². The Morgan fingerprint density at radius 1 is 0.733 bits per heavy atom. The standard InChI is InChI=1S/C13H7O2/c14-11-7-3-6-9-8-4-1-2-5-10(8)13(15)12(9)11/h1-7H. The second kappa shape index (κ2) is 2.70. The fourth-order valence-corrected chi connectivity index (χ4v) is 2.04. The molecule has 0 aromatic heterocycles. The van der Waals surface area contributed by atoms with Crippen LogP contribution in [-0.4, -0.2) is 5.78 Å². The summed E-state index contributed by atoms with van der Waals surface area (Å²) in [5, 5.41) is 11.6. The van der Waals surface area contributed by atoms with Crippen molar-refractivity contribution >= 4 is 5.78 Å². The van der Waals surface area contributed by atoms with Gasteiger partial charge in [-0.15, -0.1) is 0 Å². The molecule has 0 fully saturated rings. The van der Waals surface area contributed by atoms with E-state index in [2.05, 4.69) is 0 Å². The molecule has 2 nitrogen and oxygen atoms in total. The highest BCUT2D eigenvalue weighted by molar-refractivity contribution is 6.23. The summed E-state index contributed by atoms with van der Waals surface area (Å²) in [5.41, 5.74) is 2.59. The van der Waals surface area contributed by atoms with Crippen molar-refractivity contribution in [2.24, 2.45) is 0 Å². The lowest BCUT2D eigenvalue weighted by atomic mass is 10.1. The first-order valence-corrected chi connectivity index (χ1v) is 4.73. The van der Waals surface area contributed by atoms with E-state index in [1.54, 1.807) is 12.1 Å². The normalized spacial score (nSPS) is 12.4. The first kappa shape index (κ1) is 8.24. The molecule has 15 heavy (non-hydrogen) atoms. The maximum Gasteiger partial charge on any atom is 0.198 e. The SMILES string of the molecule is [O]c1cccc2c1C(=O)c1ccccc1-2. The molecule has 0 unspecified atom stereocenters. The van der Waals surface area contributed by atoms with Crippen LogP contribution in [-0.2, 0) is 5.11 Å². The average molecular weight is 195 g/mol. The molecule has 0 amide bonds. The van der Waals surface area contributed by atoms with E-state index in [0.29, 0.717) is 11.1 Å². The van der Waals surface area contributed by atoms with Gasteiger partial charge in [-0.25, -0.2) is 0 Å². The van der Waals surface area contributed by atoms with E-state index in [-0.39, 0.29) is 11.5 Å². The maximum atomic E-state index is 11.9. The van der Waals surface area contributed by atoms with Crippen molar-refractivity contribution in [2.45, 2.75) is 0 Å². The predicted molar refractivity (Wildman–Crippen MR) is 55.4 cm³/mol. The summed E-state index contributed by atoms with van der Waals surface area (Å²) in [6, 6.07) is 12.3. The lowest BCUT2D eigenvalue weighted by molar-refractivity contribution is 0.103. The highest BCUT2D eigenvalue weighted by Crippen LogP contribution is 2.40. The van der Waals surface area contributed by atoms with E-state index in [0.717, 1.165) is 11.1 Å². The minimum atomic E-state index is -0.186. The van der Waals surface area contributed by atoms with E-state index in [1.807, 2.05) is 24.3 Å². The third-order valence-corrected chi connectivity index (χ3v) is 2.72. The molecule has 2 aromatic carbocycles. The molecule has 0 bridgehead atoms. The van der Waals surface area contributed by atoms with Gasteiger partial charge >= 0.3 is 0 Å². The Bertz CT molecular complexity index is 570. The minimum absolute atomic E-state index is 0.147. The van der Waals surface area contributed by atoms with Gasteiger partial charge in [0.15, 0.2) is 11.5 Å². The second-order valence-electron chi connectivity index (χ2n) is 3.55. The maximum absolute atomic E-state index is 11.9. The molecular formula is C13H7O2. The fraction of sp³-hybridized carbons (Fsp3) is 0. The van der Waals surface area contributed by atoms with Crippen LogP contribution in [0.5, 0.6) is 5.75 Å². The second-order valence-corrected chi connectivity index (χ2v) is 3.55. The highest BCUT2D eigenvalue weighted by atomic mass is 16.3. The third-order valence-electron chi connectivity index (χ3n) is 2.72. The topological polar surface area (TPSA) is 37.0 Å². The average Bonchev–Trinajstić information content (AvgIpc) is 2.55. The Kier molecular flexibility index (Phi) is 1.48. The Hall–Kier alpha value is -2.09. The molecule has 2 heteroatoms. The minimum Gasteiger partial charge on any atom is -0.289 e. The number of hydrogen-bond acceptors (Lipinski definition) is 1. The molecule has 0 saturated heterocycles. The monoisotopic (exact) mass is 195 g/mol. The van der Waals surface area contributed by atoms with Crippen molar-refractivity contribution in [2.75, 3.05) is 0 Å². The van der Waals surface area contributed by atoms with Gasteiger partial charge in [-0.1, -0.05) is 36.4 Å². The Morgan fingerprint density at radius 2 is 1.40 bits per heavy atom. The predicted octanol–water partition coefficient (Wildman–Crippen LogP) is 3.04. The molecule has 0 aliphatic heterocycles. The van der Waals surface area contributed by atoms with Crippen LogP contribution in [0.25, 0.3) is 11.1 Å². The van der Waals surface area contributed by atoms with E-state index in [9.17, 15) is 9.90 Å². The summed E-state index contributed by atoms with van der Waals surface area (Å²) in [6.45, 7) is 0. The molecule has 71 valence electrons. The zero-order valence-corrected chi connectivity index (χ0v) is 7.86. The van der Waals surface area contributed by atoms with E-state index in [1.165, 1.54) is 6.07 Å². The molecule has 1 aliphatic rings. The number of benzene rings is 2. The quantitative estimate of drug-likeness (QED) is 0.543. The molecule has 0 spiro atoms. The lowest BCUT2D eigenvalue weighted by Crippen LogP contribution is -1.94. The van der Waals surface area contributed by atoms with Crippen LogP contribution in [0, 0.1) is 0 Å². The summed E-state index contributed by atoms with van der Waals surface area (Å²) >= 11 is 0. The van der Waals surface area contributed by atoms with Gasteiger partial charge in [-0.2, -0.15) is 0 Å². The number of carbonyl (C=O) groups excluding carboxylic acids is 1. The molecular weight excluding hydrogens is 188 g/mol. The smallest absolute Gasteiger partial charge is 0.198 e. The number of carbonyl (C=O) groups is 1. The van der Waals surface area contributed by atoms with Crippen molar-refractivity contribution in [1.82, 2.24) is 0 Å². The summed E-state index contributed by atoms with van der Waals surface area (Å²) < 4.78 is 0. The summed E-state index contributed by atoms with van der Waals surface area (Å²) in [6.07, 6.45) is 0. The van der Waals surface area contributed by atoms with Crippen molar-refractivity contribution in [3.63, 3.8) is 0 Å². The highest BCUT2D eigenvalue weighted by Gasteiger charge is 2.29. The van der Waals surface area contributed by atoms with E-state index in [4.69, 9.17) is 0 Å². The van der Waals surface area contributed by atoms with Crippen molar-refractivity contribution in [3.05, 3.63) is 53.6 Å². The number of fused-ring (bicyclic) bond motifs is 3. The molecule has 0 N–H and O–H groups in total. The van der Waals surface area contributed by atoms with Gasteiger partial charge < -0.3 is 0 Å². The van der Waals surface area contributed by atoms with Gasteiger partial charge in [-0.05, 0) is 17.2 Å². The summed E-state index contributed by atoms with van der Waals surface area (Å²) in [4.78, 5) is 11.9. The van der Waals surface area contributed by atoms with Crippen LogP contribution in [0.3, 0.4) is 0 Å². The van der Waals surface area contributed by atoms with Gasteiger partial charge in [0.1, 0.15) is 0 Å². The van der Waals surface area contributed by atoms with Gasteiger partial charge in [0, 0.05) is 5.56 Å². The number of hydrogen-bond donors (Lipinski definition) is 0. The van der Waals surface area contributed by atoms with Crippen molar-refractivity contribution in [3.8, 4) is 16.9 Å². The Labute approximate surface area is 86.8 Å². The first-order chi connectivity index (χ1) is 7.29. The zero-order chi connectivity index (χ0) is 10.4.